The van der Waals surface area contributed by atoms with Gasteiger partial charge in [0.25, 0.3) is 0 Å². The first kappa shape index (κ1) is 15.0. The van der Waals surface area contributed by atoms with E-state index in [9.17, 15) is 4.79 Å². The second kappa shape index (κ2) is 6.78. The molecular weight excluding hydrogens is 240 g/mol. The van der Waals surface area contributed by atoms with Crippen molar-refractivity contribution in [3.63, 3.8) is 0 Å². The maximum Gasteiger partial charge on any atom is 0.326 e. The molecule has 0 saturated heterocycles. The molecule has 0 unspecified atom stereocenters. The number of anilines is 1. The molecule has 1 aromatic carbocycles. The Labute approximate surface area is 114 Å². The number of hydrogen-bond donors (Lipinski definition) is 3. The molecule has 0 saturated carbocycles. The molecule has 0 aliphatic rings. The third kappa shape index (κ3) is 3.98. The Morgan fingerprint density at radius 1 is 1.21 bits per heavy atom. The van der Waals surface area contributed by atoms with E-state index in [2.05, 4.69) is 10.6 Å². The summed E-state index contributed by atoms with van der Waals surface area (Å²) in [6, 6.07) is 5.46. The Balaban J connectivity index is 2.68. The van der Waals surface area contributed by atoms with Crippen LogP contribution in [-0.4, -0.2) is 30.0 Å². The Hall–Kier alpha value is -2.04. The molecule has 0 aliphatic heterocycles. The first-order valence-electron chi connectivity index (χ1n) is 6.47. The standard InChI is InChI=1S/C14H22N4O/c1-5-18(6-2)13(15)17-14(19)16-12-10(3)8-7-9-11(12)4/h7-9H,5-6H2,1-4H3,(H3,15,16,17,19). The van der Waals surface area contributed by atoms with Crippen LogP contribution < -0.4 is 10.6 Å². The van der Waals surface area contributed by atoms with Gasteiger partial charge in [-0.25, -0.2) is 4.79 Å². The lowest BCUT2D eigenvalue weighted by atomic mass is 10.1. The summed E-state index contributed by atoms with van der Waals surface area (Å²) in [5, 5.41) is 13.1. The fraction of sp³-hybridized carbons (Fsp3) is 0.429. The third-order valence-corrected chi connectivity index (χ3v) is 3.03. The molecule has 2 amide bonds. The average Bonchev–Trinajstić information content (AvgIpc) is 2.35. The van der Waals surface area contributed by atoms with Gasteiger partial charge in [0.2, 0.25) is 0 Å². The largest absolute Gasteiger partial charge is 0.343 e. The Morgan fingerprint density at radius 3 is 2.21 bits per heavy atom. The molecular formula is C14H22N4O. The van der Waals surface area contributed by atoms with Crippen LogP contribution in [0.4, 0.5) is 10.5 Å². The number of nitrogens with zero attached hydrogens (tertiary/aromatic N) is 1. The SMILES string of the molecule is CCN(CC)C(=N)NC(=O)Nc1c(C)cccc1C. The molecule has 1 aromatic rings. The molecule has 19 heavy (non-hydrogen) atoms. The molecule has 0 aliphatic carbocycles. The van der Waals surface area contributed by atoms with Crippen molar-refractivity contribution >= 4 is 17.7 Å². The number of carbonyl (C=O) groups excluding carboxylic acids is 1. The molecule has 0 heterocycles. The predicted octanol–water partition coefficient (Wildman–Crippen LogP) is 2.70. The number of guanidine groups is 1. The lowest BCUT2D eigenvalue weighted by Gasteiger charge is -2.22. The van der Waals surface area contributed by atoms with Gasteiger partial charge in [-0.15, -0.1) is 0 Å². The fourth-order valence-corrected chi connectivity index (χ4v) is 1.88. The van der Waals surface area contributed by atoms with Crippen LogP contribution in [0.15, 0.2) is 18.2 Å². The Morgan fingerprint density at radius 2 is 1.74 bits per heavy atom. The molecule has 104 valence electrons. The van der Waals surface area contributed by atoms with Crippen LogP contribution >= 0.6 is 0 Å². The van der Waals surface area contributed by atoms with E-state index in [1.54, 1.807) is 4.90 Å². The van der Waals surface area contributed by atoms with Crippen molar-refractivity contribution in [3.8, 4) is 0 Å². The average molecular weight is 262 g/mol. The molecule has 1 rings (SSSR count). The highest BCUT2D eigenvalue weighted by molar-refractivity contribution is 6.02. The van der Waals surface area contributed by atoms with E-state index in [4.69, 9.17) is 5.41 Å². The molecule has 0 atom stereocenters. The highest BCUT2D eigenvalue weighted by Gasteiger charge is 2.11. The summed E-state index contributed by atoms with van der Waals surface area (Å²) in [5.41, 5.74) is 2.81. The summed E-state index contributed by atoms with van der Waals surface area (Å²) in [7, 11) is 0. The van der Waals surface area contributed by atoms with Gasteiger partial charge in [0.05, 0.1) is 0 Å². The molecule has 5 heteroatoms. The van der Waals surface area contributed by atoms with E-state index in [0.29, 0.717) is 13.1 Å². The lowest BCUT2D eigenvalue weighted by Crippen LogP contribution is -2.45. The number of rotatable bonds is 3. The van der Waals surface area contributed by atoms with Gasteiger partial charge in [-0.3, -0.25) is 10.7 Å². The van der Waals surface area contributed by atoms with Gasteiger partial charge in [0.15, 0.2) is 5.96 Å². The van der Waals surface area contributed by atoms with Crippen molar-refractivity contribution in [1.82, 2.24) is 10.2 Å². The maximum absolute atomic E-state index is 11.9. The molecule has 0 spiro atoms. The van der Waals surface area contributed by atoms with Gasteiger partial charge in [0.1, 0.15) is 0 Å². The zero-order valence-electron chi connectivity index (χ0n) is 12.0. The summed E-state index contributed by atoms with van der Waals surface area (Å²) in [4.78, 5) is 13.6. The molecule has 0 aromatic heterocycles. The number of carbonyl (C=O) groups is 1. The Kier molecular flexibility index (Phi) is 5.36. The first-order valence-corrected chi connectivity index (χ1v) is 6.47. The molecule has 5 nitrogen and oxygen atoms in total. The van der Waals surface area contributed by atoms with Crippen LogP contribution in [0.5, 0.6) is 0 Å². The Bertz CT molecular complexity index is 446. The monoisotopic (exact) mass is 262 g/mol. The number of urea groups is 1. The molecule has 3 N–H and O–H groups in total. The van der Waals surface area contributed by atoms with Crippen LogP contribution in [-0.2, 0) is 0 Å². The quantitative estimate of drug-likeness (QED) is 0.579. The van der Waals surface area contributed by atoms with Crippen molar-refractivity contribution in [2.24, 2.45) is 0 Å². The van der Waals surface area contributed by atoms with Crippen molar-refractivity contribution in [3.05, 3.63) is 29.3 Å². The summed E-state index contributed by atoms with van der Waals surface area (Å²) in [6.45, 7) is 9.17. The maximum atomic E-state index is 11.9. The van der Waals surface area contributed by atoms with E-state index in [1.165, 1.54) is 0 Å². The van der Waals surface area contributed by atoms with Crippen LogP contribution in [0.2, 0.25) is 0 Å². The minimum absolute atomic E-state index is 0.119. The van der Waals surface area contributed by atoms with Gasteiger partial charge < -0.3 is 10.2 Å². The number of nitrogens with one attached hydrogen (secondary N) is 3. The van der Waals surface area contributed by atoms with Crippen LogP contribution in [0, 0.1) is 19.3 Å². The van der Waals surface area contributed by atoms with Crippen molar-refractivity contribution < 1.29 is 4.79 Å². The predicted molar refractivity (Wildman–Crippen MR) is 78.7 cm³/mol. The summed E-state index contributed by atoms with van der Waals surface area (Å²) in [6.07, 6.45) is 0. The van der Waals surface area contributed by atoms with Crippen molar-refractivity contribution in [1.29, 1.82) is 5.41 Å². The van der Waals surface area contributed by atoms with Crippen LogP contribution in [0.3, 0.4) is 0 Å². The zero-order chi connectivity index (χ0) is 14.4. The van der Waals surface area contributed by atoms with E-state index in [0.717, 1.165) is 16.8 Å². The van der Waals surface area contributed by atoms with Gasteiger partial charge in [-0.05, 0) is 38.8 Å². The highest BCUT2D eigenvalue weighted by atomic mass is 16.2. The van der Waals surface area contributed by atoms with E-state index in [-0.39, 0.29) is 12.0 Å². The second-order valence-electron chi connectivity index (χ2n) is 4.37. The third-order valence-electron chi connectivity index (χ3n) is 3.03. The minimum atomic E-state index is -0.380. The first-order chi connectivity index (χ1) is 8.99. The summed E-state index contributed by atoms with van der Waals surface area (Å²) >= 11 is 0. The molecule has 0 fully saturated rings. The van der Waals surface area contributed by atoms with Gasteiger partial charge >= 0.3 is 6.03 Å². The number of para-hydroxylation sites is 1. The number of benzene rings is 1. The van der Waals surface area contributed by atoms with E-state index in [1.807, 2.05) is 45.9 Å². The zero-order valence-corrected chi connectivity index (χ0v) is 12.0. The molecule has 0 bridgehead atoms. The van der Waals surface area contributed by atoms with Crippen molar-refractivity contribution in [2.75, 3.05) is 18.4 Å². The normalized spacial score (nSPS) is 9.89. The summed E-state index contributed by atoms with van der Waals surface area (Å²) in [5.74, 6) is 0.119. The minimum Gasteiger partial charge on any atom is -0.343 e. The van der Waals surface area contributed by atoms with Crippen LogP contribution in [0.1, 0.15) is 25.0 Å². The topological polar surface area (TPSA) is 68.2 Å². The van der Waals surface area contributed by atoms with Gasteiger partial charge in [-0.2, -0.15) is 0 Å². The van der Waals surface area contributed by atoms with Crippen molar-refractivity contribution in [2.45, 2.75) is 27.7 Å². The summed E-state index contributed by atoms with van der Waals surface area (Å²) < 4.78 is 0. The number of amides is 2. The molecule has 0 radical (unpaired) electrons. The van der Waals surface area contributed by atoms with E-state index >= 15 is 0 Å². The van der Waals surface area contributed by atoms with Gasteiger partial charge in [0, 0.05) is 18.8 Å². The number of aryl methyl sites for hydroxylation is 2. The highest BCUT2D eigenvalue weighted by Crippen LogP contribution is 2.18. The van der Waals surface area contributed by atoms with Gasteiger partial charge in [-0.1, -0.05) is 18.2 Å². The smallest absolute Gasteiger partial charge is 0.326 e. The second-order valence-corrected chi connectivity index (χ2v) is 4.37. The van der Waals surface area contributed by atoms with E-state index < -0.39 is 0 Å². The fourth-order valence-electron chi connectivity index (χ4n) is 1.88. The van der Waals surface area contributed by atoms with Crippen LogP contribution in [0.25, 0.3) is 0 Å². The number of hydrogen-bond acceptors (Lipinski definition) is 2. The lowest BCUT2D eigenvalue weighted by molar-refractivity contribution is 0.254.